The molecule has 144 valence electrons. The highest BCUT2D eigenvalue weighted by molar-refractivity contribution is 8.28. The molecular weight excluding hydrogens is 340 g/mol. The SMILES string of the molecule is CCOC(=O)c1c(COS(C)(C)CC(C)(C)C)cccc1OCOC. The van der Waals surface area contributed by atoms with Gasteiger partial charge in [0.05, 0.1) is 13.2 Å². The first kappa shape index (κ1) is 21.8. The van der Waals surface area contributed by atoms with Crippen molar-refractivity contribution in [3.05, 3.63) is 29.3 Å². The van der Waals surface area contributed by atoms with E-state index in [1.165, 1.54) is 7.11 Å². The Hall–Kier alpha value is -1.24. The molecule has 0 aromatic heterocycles. The van der Waals surface area contributed by atoms with E-state index in [2.05, 4.69) is 33.3 Å². The van der Waals surface area contributed by atoms with Gasteiger partial charge in [0.15, 0.2) is 6.79 Å². The maximum atomic E-state index is 12.4. The molecule has 0 heterocycles. The number of hydrogen-bond donors (Lipinski definition) is 0. The monoisotopic (exact) mass is 372 g/mol. The molecule has 1 aromatic carbocycles. The molecule has 0 radical (unpaired) electrons. The van der Waals surface area contributed by atoms with E-state index >= 15 is 0 Å². The van der Waals surface area contributed by atoms with Crippen LogP contribution in [0.3, 0.4) is 0 Å². The van der Waals surface area contributed by atoms with Gasteiger partial charge in [0, 0.05) is 12.9 Å². The summed E-state index contributed by atoms with van der Waals surface area (Å²) in [5.41, 5.74) is 1.36. The Morgan fingerprint density at radius 1 is 1.20 bits per heavy atom. The first-order valence-corrected chi connectivity index (χ1v) is 10.9. The molecule has 0 saturated heterocycles. The fourth-order valence-electron chi connectivity index (χ4n) is 2.68. The predicted octanol–water partition coefficient (Wildman–Crippen LogP) is 4.39. The second kappa shape index (κ2) is 9.46. The molecule has 0 unspecified atom stereocenters. The number of carbonyl (C=O) groups is 1. The van der Waals surface area contributed by atoms with Crippen LogP contribution in [0.15, 0.2) is 18.2 Å². The summed E-state index contributed by atoms with van der Waals surface area (Å²) < 4.78 is 21.9. The van der Waals surface area contributed by atoms with Gasteiger partial charge in [-0.3, -0.25) is 0 Å². The maximum absolute atomic E-state index is 12.4. The third-order valence-electron chi connectivity index (χ3n) is 3.24. The van der Waals surface area contributed by atoms with E-state index in [1.807, 2.05) is 12.1 Å². The zero-order chi connectivity index (χ0) is 19.1. The molecule has 25 heavy (non-hydrogen) atoms. The number of carbonyl (C=O) groups excluding carboxylic acids is 1. The Labute approximate surface area is 153 Å². The summed E-state index contributed by atoms with van der Waals surface area (Å²) in [7, 11) is 0.297. The average Bonchev–Trinajstić information content (AvgIpc) is 2.48. The first-order valence-electron chi connectivity index (χ1n) is 8.36. The van der Waals surface area contributed by atoms with E-state index in [1.54, 1.807) is 13.0 Å². The Bertz CT molecular complexity index is 563. The molecule has 0 atom stereocenters. The van der Waals surface area contributed by atoms with Crippen LogP contribution in [0, 0.1) is 5.41 Å². The van der Waals surface area contributed by atoms with E-state index < -0.39 is 16.3 Å². The van der Waals surface area contributed by atoms with Crippen molar-refractivity contribution in [3.8, 4) is 5.75 Å². The highest BCUT2D eigenvalue weighted by atomic mass is 32.3. The predicted molar refractivity (Wildman–Crippen MR) is 103 cm³/mol. The summed E-state index contributed by atoms with van der Waals surface area (Å²) in [5.74, 6) is 1.02. The van der Waals surface area contributed by atoms with E-state index in [9.17, 15) is 4.79 Å². The fourth-order valence-corrected chi connectivity index (χ4v) is 5.30. The molecule has 1 rings (SSSR count). The van der Waals surface area contributed by atoms with Gasteiger partial charge in [-0.15, -0.1) is 10.3 Å². The van der Waals surface area contributed by atoms with Gasteiger partial charge in [-0.05, 0) is 36.5 Å². The van der Waals surface area contributed by atoms with Gasteiger partial charge in [-0.2, -0.15) is 0 Å². The maximum Gasteiger partial charge on any atom is 0.342 e. The molecule has 0 N–H and O–H groups in total. The average molecular weight is 373 g/mol. The van der Waals surface area contributed by atoms with Gasteiger partial charge in [-0.1, -0.05) is 32.9 Å². The summed E-state index contributed by atoms with van der Waals surface area (Å²) in [6.45, 7) is 9.10. The third-order valence-corrected chi connectivity index (χ3v) is 5.56. The highest BCUT2D eigenvalue weighted by Gasteiger charge is 2.24. The Morgan fingerprint density at radius 3 is 2.44 bits per heavy atom. The van der Waals surface area contributed by atoms with Gasteiger partial charge in [0.2, 0.25) is 0 Å². The molecule has 0 fully saturated rings. The molecule has 0 saturated carbocycles. The van der Waals surface area contributed by atoms with Crippen LogP contribution in [0.5, 0.6) is 5.75 Å². The zero-order valence-corrected chi connectivity index (χ0v) is 17.3. The van der Waals surface area contributed by atoms with Gasteiger partial charge < -0.3 is 18.4 Å². The molecule has 0 aliphatic carbocycles. The number of benzene rings is 1. The first-order chi connectivity index (χ1) is 11.6. The van der Waals surface area contributed by atoms with Crippen molar-refractivity contribution in [2.45, 2.75) is 34.3 Å². The minimum Gasteiger partial charge on any atom is -0.467 e. The Balaban J connectivity index is 3.03. The third kappa shape index (κ3) is 7.67. The quantitative estimate of drug-likeness (QED) is 0.475. The second-order valence-corrected chi connectivity index (χ2v) is 10.9. The molecule has 0 amide bonds. The summed E-state index contributed by atoms with van der Waals surface area (Å²) in [6, 6.07) is 5.46. The molecular formula is C19H32O5S. The number of ether oxygens (including phenoxy) is 3. The van der Waals surface area contributed by atoms with Crippen LogP contribution in [-0.2, 0) is 20.3 Å². The van der Waals surface area contributed by atoms with Crippen molar-refractivity contribution in [2.24, 2.45) is 5.41 Å². The summed E-state index contributed by atoms with van der Waals surface area (Å²) in [5, 5.41) is 0. The molecule has 0 spiro atoms. The van der Waals surface area contributed by atoms with Crippen LogP contribution in [0.4, 0.5) is 0 Å². The minimum atomic E-state index is -1.24. The number of methoxy groups -OCH3 is 1. The molecule has 5 nitrogen and oxygen atoms in total. The van der Waals surface area contributed by atoms with Crippen LogP contribution in [0.25, 0.3) is 0 Å². The van der Waals surface area contributed by atoms with E-state index in [0.717, 1.165) is 11.3 Å². The Kier molecular flexibility index (Phi) is 8.25. The lowest BCUT2D eigenvalue weighted by Crippen LogP contribution is -2.19. The smallest absolute Gasteiger partial charge is 0.342 e. The molecule has 1 aromatic rings. The molecule has 0 aliphatic rings. The van der Waals surface area contributed by atoms with Crippen molar-refractivity contribution in [1.82, 2.24) is 0 Å². The van der Waals surface area contributed by atoms with Crippen LogP contribution in [-0.4, -0.2) is 44.7 Å². The van der Waals surface area contributed by atoms with Gasteiger partial charge in [0.25, 0.3) is 0 Å². The largest absolute Gasteiger partial charge is 0.467 e. The summed E-state index contributed by atoms with van der Waals surface area (Å²) in [6.07, 6.45) is 4.29. The van der Waals surface area contributed by atoms with Crippen LogP contribution >= 0.6 is 10.3 Å². The van der Waals surface area contributed by atoms with Crippen LogP contribution in [0.2, 0.25) is 0 Å². The van der Waals surface area contributed by atoms with Crippen molar-refractivity contribution in [3.63, 3.8) is 0 Å². The second-order valence-electron chi connectivity index (χ2n) is 7.47. The van der Waals surface area contributed by atoms with E-state index in [4.69, 9.17) is 18.4 Å². The minimum absolute atomic E-state index is 0.0669. The lowest BCUT2D eigenvalue weighted by Gasteiger charge is -2.37. The number of rotatable bonds is 9. The standard InChI is InChI=1S/C19H32O5S/c1-8-22-18(20)17-15(10-9-11-16(17)23-14-21-5)12-24-25(6,7)13-19(2,3)4/h9-11H,8,12-14H2,1-7H3. The topological polar surface area (TPSA) is 54.0 Å². The molecule has 6 heteroatoms. The molecule has 0 aliphatic heterocycles. The van der Waals surface area contributed by atoms with Crippen molar-refractivity contribution in [1.29, 1.82) is 0 Å². The Morgan fingerprint density at radius 2 is 1.88 bits per heavy atom. The number of hydrogen-bond acceptors (Lipinski definition) is 5. The van der Waals surface area contributed by atoms with Crippen molar-refractivity contribution >= 4 is 16.3 Å². The lowest BCUT2D eigenvalue weighted by atomic mass is 10.0. The normalized spacial score (nSPS) is 12.8. The fraction of sp³-hybridized carbons (Fsp3) is 0.632. The summed E-state index contributed by atoms with van der Waals surface area (Å²) in [4.78, 5) is 12.4. The van der Waals surface area contributed by atoms with Gasteiger partial charge >= 0.3 is 5.97 Å². The van der Waals surface area contributed by atoms with Gasteiger partial charge in [-0.25, -0.2) is 4.79 Å². The zero-order valence-electron chi connectivity index (χ0n) is 16.5. The van der Waals surface area contributed by atoms with Crippen molar-refractivity contribution in [2.75, 3.05) is 38.8 Å². The highest BCUT2D eigenvalue weighted by Crippen LogP contribution is 2.47. The van der Waals surface area contributed by atoms with Gasteiger partial charge in [0.1, 0.15) is 11.3 Å². The lowest BCUT2D eigenvalue weighted by molar-refractivity contribution is 0.0434. The number of esters is 1. The van der Waals surface area contributed by atoms with Crippen molar-refractivity contribution < 1.29 is 23.2 Å². The van der Waals surface area contributed by atoms with Crippen LogP contribution in [0.1, 0.15) is 43.6 Å². The van der Waals surface area contributed by atoms with Crippen LogP contribution < -0.4 is 4.74 Å². The van der Waals surface area contributed by atoms with E-state index in [0.29, 0.717) is 24.5 Å². The molecule has 0 bridgehead atoms. The summed E-state index contributed by atoms with van der Waals surface area (Å²) >= 11 is 0. The van der Waals surface area contributed by atoms with E-state index in [-0.39, 0.29) is 12.2 Å².